The van der Waals surface area contributed by atoms with Gasteiger partial charge in [0.1, 0.15) is 0 Å². The Hall–Kier alpha value is -0.490. The summed E-state index contributed by atoms with van der Waals surface area (Å²) in [6, 6.07) is 8.87. The molecule has 0 N–H and O–H groups in total. The second kappa shape index (κ2) is 8.64. The minimum Gasteiger partial charge on any atom is -0.127 e. The zero-order valence-electron chi connectivity index (χ0n) is 9.92. The van der Waals surface area contributed by atoms with E-state index in [1.165, 1.54) is 30.4 Å². The molecule has 0 unspecified atom stereocenters. The Morgan fingerprint density at radius 3 is 2.25 bits per heavy atom. The lowest BCUT2D eigenvalue weighted by Crippen LogP contribution is -1.90. The highest BCUT2D eigenvalue weighted by atomic mass is 35.5. The molecule has 0 nitrogen and oxygen atoms in total. The molecule has 0 aliphatic rings. The van der Waals surface area contributed by atoms with Gasteiger partial charge >= 0.3 is 0 Å². The molecule has 16 heavy (non-hydrogen) atoms. The Kier molecular flexibility index (Phi) is 7.33. The molecule has 1 heteroatoms. The molecule has 0 heterocycles. The number of alkyl halides is 1. The van der Waals surface area contributed by atoms with E-state index in [0.29, 0.717) is 0 Å². The lowest BCUT2D eigenvalue weighted by molar-refractivity contribution is 0.685. The van der Waals surface area contributed by atoms with Gasteiger partial charge in [-0.2, -0.15) is 0 Å². The van der Waals surface area contributed by atoms with E-state index in [9.17, 15) is 0 Å². The predicted octanol–water partition coefficient (Wildman–Crippen LogP) is 4.67. The number of halogens is 1. The number of unbranched alkanes of at least 4 members (excludes halogenated alkanes) is 3. The van der Waals surface area contributed by atoms with E-state index >= 15 is 0 Å². The highest BCUT2D eigenvalue weighted by Gasteiger charge is 1.96. The SMILES string of the molecule is [CH]CCCCCc1cccc(CCCCl)c1. The monoisotopic (exact) mass is 236 g/mol. The molecular formula is C15H21Cl. The summed E-state index contributed by atoms with van der Waals surface area (Å²) >= 11 is 5.70. The summed E-state index contributed by atoms with van der Waals surface area (Å²) in [5.41, 5.74) is 2.86. The molecule has 0 fully saturated rings. The van der Waals surface area contributed by atoms with Gasteiger partial charge in [-0.15, -0.1) is 11.6 Å². The predicted molar refractivity (Wildman–Crippen MR) is 72.0 cm³/mol. The number of rotatable bonds is 8. The van der Waals surface area contributed by atoms with Crippen molar-refractivity contribution < 1.29 is 0 Å². The average Bonchev–Trinajstić information content (AvgIpc) is 2.33. The van der Waals surface area contributed by atoms with Crippen LogP contribution in [0.15, 0.2) is 24.3 Å². The van der Waals surface area contributed by atoms with E-state index < -0.39 is 0 Å². The topological polar surface area (TPSA) is 0 Å². The Balaban J connectivity index is 2.35. The Labute approximate surface area is 105 Å². The highest BCUT2D eigenvalue weighted by Crippen LogP contribution is 2.12. The van der Waals surface area contributed by atoms with Crippen LogP contribution in [0.5, 0.6) is 0 Å². The summed E-state index contributed by atoms with van der Waals surface area (Å²) in [5, 5.41) is 0. The first-order chi connectivity index (χ1) is 7.86. The highest BCUT2D eigenvalue weighted by molar-refractivity contribution is 6.17. The lowest BCUT2D eigenvalue weighted by Gasteiger charge is -2.04. The quantitative estimate of drug-likeness (QED) is 0.455. The molecule has 0 saturated carbocycles. The summed E-state index contributed by atoms with van der Waals surface area (Å²) in [5.74, 6) is 0.751. The van der Waals surface area contributed by atoms with Gasteiger partial charge in [0.05, 0.1) is 0 Å². The fourth-order valence-electron chi connectivity index (χ4n) is 1.86. The first-order valence-corrected chi connectivity index (χ1v) is 6.74. The van der Waals surface area contributed by atoms with Crippen molar-refractivity contribution in [2.75, 3.05) is 5.88 Å². The molecule has 0 spiro atoms. The fraction of sp³-hybridized carbons (Fsp3) is 0.533. The second-order valence-corrected chi connectivity index (χ2v) is 4.59. The first kappa shape index (κ1) is 13.6. The summed E-state index contributed by atoms with van der Waals surface area (Å²) < 4.78 is 0. The average molecular weight is 237 g/mol. The van der Waals surface area contributed by atoms with Gasteiger partial charge < -0.3 is 0 Å². The van der Waals surface area contributed by atoms with Crippen molar-refractivity contribution in [2.45, 2.75) is 44.9 Å². The zero-order valence-corrected chi connectivity index (χ0v) is 10.7. The molecule has 1 aromatic carbocycles. The number of hydrogen-bond donors (Lipinski definition) is 0. The van der Waals surface area contributed by atoms with Crippen LogP contribution in [-0.4, -0.2) is 5.88 Å². The number of aryl methyl sites for hydroxylation is 2. The molecule has 0 amide bonds. The van der Waals surface area contributed by atoms with Crippen molar-refractivity contribution in [1.82, 2.24) is 0 Å². The van der Waals surface area contributed by atoms with Crippen LogP contribution >= 0.6 is 11.6 Å². The number of hydrogen-bond acceptors (Lipinski definition) is 0. The van der Waals surface area contributed by atoms with Crippen LogP contribution in [0.1, 0.15) is 43.2 Å². The third-order valence-electron chi connectivity index (χ3n) is 2.76. The van der Waals surface area contributed by atoms with Crippen LogP contribution in [0.3, 0.4) is 0 Å². The summed E-state index contributed by atoms with van der Waals surface area (Å²) in [6.07, 6.45) is 7.79. The molecule has 2 radical (unpaired) electrons. The third kappa shape index (κ3) is 5.55. The van der Waals surface area contributed by atoms with Gasteiger partial charge in [-0.1, -0.05) is 37.1 Å². The van der Waals surface area contributed by atoms with Crippen molar-refractivity contribution in [3.63, 3.8) is 0 Å². The molecule has 0 saturated heterocycles. The minimum atomic E-state index is 0.751. The lowest BCUT2D eigenvalue weighted by atomic mass is 10.0. The van der Waals surface area contributed by atoms with E-state index in [2.05, 4.69) is 24.3 Å². The molecule has 1 aromatic rings. The van der Waals surface area contributed by atoms with Gasteiger partial charge in [0.25, 0.3) is 0 Å². The Bertz CT molecular complexity index is 281. The van der Waals surface area contributed by atoms with Crippen LogP contribution in [0, 0.1) is 6.92 Å². The largest absolute Gasteiger partial charge is 0.127 e. The van der Waals surface area contributed by atoms with Crippen LogP contribution in [-0.2, 0) is 12.8 Å². The summed E-state index contributed by atoms with van der Waals surface area (Å²) in [6.45, 7) is 5.47. The van der Waals surface area contributed by atoms with Crippen molar-refractivity contribution >= 4 is 11.6 Å². The summed E-state index contributed by atoms with van der Waals surface area (Å²) in [7, 11) is 0. The van der Waals surface area contributed by atoms with E-state index in [0.717, 1.165) is 31.6 Å². The van der Waals surface area contributed by atoms with Crippen molar-refractivity contribution in [3.05, 3.63) is 42.3 Å². The van der Waals surface area contributed by atoms with E-state index in [1.54, 1.807) is 0 Å². The molecule has 0 atom stereocenters. The van der Waals surface area contributed by atoms with Gasteiger partial charge in [-0.25, -0.2) is 0 Å². The van der Waals surface area contributed by atoms with Crippen LogP contribution in [0.2, 0.25) is 0 Å². The van der Waals surface area contributed by atoms with Crippen molar-refractivity contribution in [1.29, 1.82) is 0 Å². The van der Waals surface area contributed by atoms with E-state index in [-0.39, 0.29) is 0 Å². The molecule has 1 rings (SSSR count). The maximum absolute atomic E-state index is 5.70. The molecular weight excluding hydrogens is 216 g/mol. The molecule has 88 valence electrons. The van der Waals surface area contributed by atoms with E-state index in [4.69, 9.17) is 18.5 Å². The maximum Gasteiger partial charge on any atom is 0.0226 e. The first-order valence-electron chi connectivity index (χ1n) is 6.20. The molecule has 0 aliphatic carbocycles. The molecule has 0 bridgehead atoms. The minimum absolute atomic E-state index is 0.751. The van der Waals surface area contributed by atoms with E-state index in [1.807, 2.05) is 0 Å². The number of benzene rings is 1. The van der Waals surface area contributed by atoms with Gasteiger partial charge in [0.15, 0.2) is 0 Å². The van der Waals surface area contributed by atoms with Gasteiger partial charge in [0, 0.05) is 5.88 Å². The van der Waals surface area contributed by atoms with Gasteiger partial charge in [-0.05, 0) is 50.2 Å². The van der Waals surface area contributed by atoms with Crippen molar-refractivity contribution in [3.8, 4) is 0 Å². The fourth-order valence-corrected chi connectivity index (χ4v) is 2.00. The van der Waals surface area contributed by atoms with Gasteiger partial charge in [0.2, 0.25) is 0 Å². The molecule has 0 aromatic heterocycles. The standard InChI is InChI=1S/C15H21Cl/c1-2-3-4-5-8-14-9-6-10-15(13-14)11-7-12-16/h1,6,9-10,13H,2-5,7-8,11-12H2. The Morgan fingerprint density at radius 1 is 0.938 bits per heavy atom. The second-order valence-electron chi connectivity index (χ2n) is 4.21. The molecule has 0 aliphatic heterocycles. The Morgan fingerprint density at radius 2 is 1.62 bits per heavy atom. The van der Waals surface area contributed by atoms with Crippen molar-refractivity contribution in [2.24, 2.45) is 0 Å². The zero-order chi connectivity index (χ0) is 11.6. The van der Waals surface area contributed by atoms with Gasteiger partial charge in [-0.3, -0.25) is 0 Å². The normalized spacial score (nSPS) is 10.6. The smallest absolute Gasteiger partial charge is 0.0226 e. The van der Waals surface area contributed by atoms with Crippen LogP contribution in [0.25, 0.3) is 0 Å². The summed E-state index contributed by atoms with van der Waals surface area (Å²) in [4.78, 5) is 0. The van der Waals surface area contributed by atoms with Crippen LogP contribution < -0.4 is 0 Å². The van der Waals surface area contributed by atoms with Crippen LogP contribution in [0.4, 0.5) is 0 Å². The third-order valence-corrected chi connectivity index (χ3v) is 3.03. The maximum atomic E-state index is 5.70.